The van der Waals surface area contributed by atoms with Crippen LogP contribution >= 0.6 is 0 Å². The summed E-state index contributed by atoms with van der Waals surface area (Å²) in [4.78, 5) is 4.13. The summed E-state index contributed by atoms with van der Waals surface area (Å²) >= 11 is 0. The zero-order valence-corrected chi connectivity index (χ0v) is 9.99. The number of aromatic nitrogens is 2. The van der Waals surface area contributed by atoms with E-state index in [2.05, 4.69) is 28.7 Å². The number of aliphatic hydroxyl groups excluding tert-OH is 1. The highest BCUT2D eigenvalue weighted by atomic mass is 16.3. The van der Waals surface area contributed by atoms with Crippen molar-refractivity contribution in [2.45, 2.75) is 45.8 Å². The van der Waals surface area contributed by atoms with Gasteiger partial charge in [0, 0.05) is 24.3 Å². The van der Waals surface area contributed by atoms with E-state index in [1.165, 1.54) is 0 Å². The van der Waals surface area contributed by atoms with Crippen LogP contribution in [0.2, 0.25) is 0 Å². The van der Waals surface area contributed by atoms with Crippen LogP contribution in [0, 0.1) is 0 Å². The minimum absolute atomic E-state index is 0.128. The second kappa shape index (κ2) is 4.77. The van der Waals surface area contributed by atoms with Crippen molar-refractivity contribution in [1.29, 1.82) is 0 Å². The van der Waals surface area contributed by atoms with Crippen molar-refractivity contribution in [3.63, 3.8) is 0 Å². The van der Waals surface area contributed by atoms with Gasteiger partial charge in [0.05, 0.1) is 18.6 Å². The molecule has 86 valence electrons. The Bertz CT molecular complexity index is 305. The minimum Gasteiger partial charge on any atom is -0.394 e. The Morgan fingerprint density at radius 3 is 2.73 bits per heavy atom. The molecule has 1 heterocycles. The normalized spacial score (nSPS) is 12.4. The molecule has 0 amide bonds. The maximum absolute atomic E-state index is 9.12. The first-order valence-corrected chi connectivity index (χ1v) is 5.33. The monoisotopic (exact) mass is 211 g/mol. The highest BCUT2D eigenvalue weighted by molar-refractivity contribution is 5.00. The Morgan fingerprint density at radius 2 is 2.20 bits per heavy atom. The van der Waals surface area contributed by atoms with Crippen molar-refractivity contribution in [3.8, 4) is 0 Å². The predicted molar refractivity (Wildman–Crippen MR) is 60.6 cm³/mol. The van der Waals surface area contributed by atoms with Crippen molar-refractivity contribution in [2.24, 2.45) is 0 Å². The number of aliphatic hydroxyl groups is 1. The summed E-state index contributed by atoms with van der Waals surface area (Å²) in [6.07, 6.45) is 3.70. The predicted octanol–water partition coefficient (Wildman–Crippen LogP) is 1.32. The first kappa shape index (κ1) is 12.2. The number of hydrogen-bond acceptors (Lipinski definition) is 3. The molecular weight excluding hydrogens is 190 g/mol. The highest BCUT2D eigenvalue weighted by Gasteiger charge is 2.16. The summed E-state index contributed by atoms with van der Waals surface area (Å²) in [7, 11) is 0. The van der Waals surface area contributed by atoms with E-state index in [1.54, 1.807) is 0 Å². The van der Waals surface area contributed by atoms with Crippen LogP contribution in [-0.2, 0) is 6.54 Å². The third-order valence-corrected chi connectivity index (χ3v) is 2.45. The second-order valence-electron chi connectivity index (χ2n) is 4.78. The third-order valence-electron chi connectivity index (χ3n) is 2.45. The molecule has 1 aromatic heterocycles. The van der Waals surface area contributed by atoms with E-state index in [4.69, 9.17) is 5.11 Å². The smallest absolute Gasteiger partial charge is 0.0951 e. The van der Waals surface area contributed by atoms with Crippen LogP contribution in [0.3, 0.4) is 0 Å². The van der Waals surface area contributed by atoms with Gasteiger partial charge in [-0.25, -0.2) is 4.98 Å². The summed E-state index contributed by atoms with van der Waals surface area (Å²) in [6, 6.07) is 0.418. The third kappa shape index (κ3) is 3.32. The molecule has 0 aromatic carbocycles. The summed E-state index contributed by atoms with van der Waals surface area (Å²) in [5.74, 6) is 0. The van der Waals surface area contributed by atoms with Gasteiger partial charge in [-0.2, -0.15) is 0 Å². The summed E-state index contributed by atoms with van der Waals surface area (Å²) < 4.78 is 2.13. The fourth-order valence-electron chi connectivity index (χ4n) is 1.32. The Labute approximate surface area is 91.3 Å². The van der Waals surface area contributed by atoms with Crippen LogP contribution in [-0.4, -0.2) is 26.8 Å². The fraction of sp³-hybridized carbons (Fsp3) is 0.727. The number of hydrogen-bond donors (Lipinski definition) is 2. The maximum atomic E-state index is 9.12. The molecule has 2 N–H and O–H groups in total. The molecule has 0 saturated carbocycles. The first-order chi connectivity index (χ1) is 6.96. The van der Waals surface area contributed by atoms with Crippen LogP contribution in [0.1, 0.15) is 39.4 Å². The molecular formula is C11H21N3O. The van der Waals surface area contributed by atoms with Crippen LogP contribution in [0.5, 0.6) is 0 Å². The quantitative estimate of drug-likeness (QED) is 0.772. The van der Waals surface area contributed by atoms with Gasteiger partial charge >= 0.3 is 0 Å². The zero-order chi connectivity index (χ0) is 11.5. The van der Waals surface area contributed by atoms with Crippen molar-refractivity contribution in [1.82, 2.24) is 14.9 Å². The molecule has 4 heteroatoms. The molecule has 15 heavy (non-hydrogen) atoms. The molecule has 0 bridgehead atoms. The van der Waals surface area contributed by atoms with E-state index in [-0.39, 0.29) is 12.1 Å². The molecule has 0 atom stereocenters. The van der Waals surface area contributed by atoms with Crippen molar-refractivity contribution < 1.29 is 5.11 Å². The van der Waals surface area contributed by atoms with Crippen LogP contribution in [0.15, 0.2) is 12.5 Å². The molecule has 0 aliphatic rings. The summed E-state index contributed by atoms with van der Waals surface area (Å²) in [5.41, 5.74) is 0.901. The average molecular weight is 211 g/mol. The second-order valence-corrected chi connectivity index (χ2v) is 4.78. The number of nitrogens with one attached hydrogen (secondary N) is 1. The average Bonchev–Trinajstić information content (AvgIpc) is 2.63. The molecule has 1 rings (SSSR count). The van der Waals surface area contributed by atoms with Crippen molar-refractivity contribution in [3.05, 3.63) is 18.2 Å². The van der Waals surface area contributed by atoms with E-state index in [9.17, 15) is 0 Å². The lowest BCUT2D eigenvalue weighted by atomic mass is 10.1. The Morgan fingerprint density at radius 1 is 1.53 bits per heavy atom. The van der Waals surface area contributed by atoms with Crippen molar-refractivity contribution in [2.75, 3.05) is 6.61 Å². The molecule has 0 aliphatic heterocycles. The zero-order valence-electron chi connectivity index (χ0n) is 9.99. The molecule has 0 spiro atoms. The Kier molecular flexibility index (Phi) is 3.88. The summed E-state index contributed by atoms with van der Waals surface area (Å²) in [5, 5.41) is 12.4. The highest BCUT2D eigenvalue weighted by Crippen LogP contribution is 2.10. The Balaban J connectivity index is 2.61. The van der Waals surface area contributed by atoms with E-state index in [1.807, 2.05) is 26.4 Å². The van der Waals surface area contributed by atoms with Gasteiger partial charge in [-0.15, -0.1) is 0 Å². The lowest BCUT2D eigenvalue weighted by Gasteiger charge is -2.24. The van der Waals surface area contributed by atoms with Gasteiger partial charge in [-0.3, -0.25) is 0 Å². The molecule has 0 aliphatic carbocycles. The van der Waals surface area contributed by atoms with Gasteiger partial charge in [0.2, 0.25) is 0 Å². The summed E-state index contributed by atoms with van der Waals surface area (Å²) in [6.45, 7) is 9.06. The van der Waals surface area contributed by atoms with Crippen LogP contribution < -0.4 is 5.32 Å². The van der Waals surface area contributed by atoms with Crippen LogP contribution in [0.25, 0.3) is 0 Å². The lowest BCUT2D eigenvalue weighted by molar-refractivity contribution is 0.186. The SMILES string of the molecule is CC(C)n1cncc1CNC(C)(C)CO. The first-order valence-electron chi connectivity index (χ1n) is 5.33. The standard InChI is InChI=1S/C11H21N3O/c1-9(2)14-8-12-5-10(14)6-13-11(3,4)7-15/h5,8-9,13,15H,6-7H2,1-4H3. The number of imidazole rings is 1. The van der Waals surface area contributed by atoms with E-state index >= 15 is 0 Å². The van der Waals surface area contributed by atoms with Gasteiger partial charge < -0.3 is 15.0 Å². The largest absolute Gasteiger partial charge is 0.394 e. The molecule has 0 unspecified atom stereocenters. The molecule has 0 saturated heterocycles. The van der Waals surface area contributed by atoms with E-state index in [0.717, 1.165) is 12.2 Å². The molecule has 0 radical (unpaired) electrons. The van der Waals surface area contributed by atoms with Gasteiger partial charge in [-0.1, -0.05) is 0 Å². The molecule has 4 nitrogen and oxygen atoms in total. The van der Waals surface area contributed by atoms with Gasteiger partial charge in [-0.05, 0) is 27.7 Å². The van der Waals surface area contributed by atoms with Crippen LogP contribution in [0.4, 0.5) is 0 Å². The van der Waals surface area contributed by atoms with Gasteiger partial charge in [0.25, 0.3) is 0 Å². The van der Waals surface area contributed by atoms with E-state index in [0.29, 0.717) is 6.04 Å². The molecule has 0 fully saturated rings. The maximum Gasteiger partial charge on any atom is 0.0951 e. The topological polar surface area (TPSA) is 50.1 Å². The fourth-order valence-corrected chi connectivity index (χ4v) is 1.32. The number of nitrogens with zero attached hydrogens (tertiary/aromatic N) is 2. The lowest BCUT2D eigenvalue weighted by Crippen LogP contribution is -2.42. The van der Waals surface area contributed by atoms with E-state index < -0.39 is 0 Å². The molecule has 1 aromatic rings. The Hall–Kier alpha value is -0.870. The van der Waals surface area contributed by atoms with Gasteiger partial charge in [0.15, 0.2) is 0 Å². The van der Waals surface area contributed by atoms with Gasteiger partial charge in [0.1, 0.15) is 0 Å². The minimum atomic E-state index is -0.244. The van der Waals surface area contributed by atoms with Crippen molar-refractivity contribution >= 4 is 0 Å². The number of rotatable bonds is 5.